The maximum absolute atomic E-state index is 12.9. The maximum atomic E-state index is 12.9. The zero-order chi connectivity index (χ0) is 29.3. The number of methoxy groups -OCH3 is 2. The van der Waals surface area contributed by atoms with Crippen molar-refractivity contribution >= 4 is 28.9 Å². The van der Waals surface area contributed by atoms with E-state index in [9.17, 15) is 4.79 Å². The highest BCUT2D eigenvalue weighted by Crippen LogP contribution is 2.28. The quantitative estimate of drug-likeness (QED) is 0.238. The molecule has 1 aliphatic heterocycles. The number of aryl methyl sites for hydroxylation is 1. The summed E-state index contributed by atoms with van der Waals surface area (Å²) in [5.74, 6) is 1.72. The highest BCUT2D eigenvalue weighted by atomic mass is 32.1. The molecule has 2 N–H and O–H groups in total. The minimum atomic E-state index is -0.149. The van der Waals surface area contributed by atoms with Gasteiger partial charge in [-0.2, -0.15) is 0 Å². The van der Waals surface area contributed by atoms with Crippen molar-refractivity contribution < 1.29 is 14.3 Å². The van der Waals surface area contributed by atoms with Crippen molar-refractivity contribution in [2.24, 2.45) is 0 Å². The van der Waals surface area contributed by atoms with Crippen molar-refractivity contribution in [1.29, 1.82) is 0 Å². The van der Waals surface area contributed by atoms with Crippen molar-refractivity contribution in [3.63, 3.8) is 0 Å². The van der Waals surface area contributed by atoms with Crippen LogP contribution in [0.3, 0.4) is 0 Å². The Bertz CT molecular complexity index is 1450. The van der Waals surface area contributed by atoms with Gasteiger partial charge < -0.3 is 29.9 Å². The van der Waals surface area contributed by atoms with Crippen molar-refractivity contribution in [3.8, 4) is 22.1 Å². The van der Waals surface area contributed by atoms with E-state index in [0.717, 1.165) is 54.3 Å². The molecule has 42 heavy (non-hydrogen) atoms. The molecule has 0 radical (unpaired) electrons. The number of nitrogens with one attached hydrogen (secondary N) is 2. The number of thiophene rings is 1. The van der Waals surface area contributed by atoms with Crippen molar-refractivity contribution in [3.05, 3.63) is 82.9 Å². The molecule has 0 bridgehead atoms. The van der Waals surface area contributed by atoms with Crippen LogP contribution in [0.1, 0.15) is 27.2 Å². The third-order valence-corrected chi connectivity index (χ3v) is 8.45. The van der Waals surface area contributed by atoms with E-state index in [0.29, 0.717) is 28.9 Å². The van der Waals surface area contributed by atoms with Gasteiger partial charge in [0.25, 0.3) is 5.91 Å². The van der Waals surface area contributed by atoms with E-state index in [4.69, 9.17) is 14.5 Å². The molecule has 1 fully saturated rings. The van der Waals surface area contributed by atoms with Crippen molar-refractivity contribution in [2.45, 2.75) is 19.4 Å². The van der Waals surface area contributed by atoms with E-state index in [-0.39, 0.29) is 5.91 Å². The third-order valence-electron chi connectivity index (χ3n) is 7.35. The zero-order valence-electron chi connectivity index (χ0n) is 24.4. The lowest BCUT2D eigenvalue weighted by molar-refractivity contribution is 0.0955. The first kappa shape index (κ1) is 29.5. The minimum Gasteiger partial charge on any atom is -0.497 e. The molecule has 5 rings (SSSR count). The van der Waals surface area contributed by atoms with Crippen LogP contribution in [0.4, 0.5) is 11.6 Å². The monoisotopic (exact) mass is 586 g/mol. The van der Waals surface area contributed by atoms with Gasteiger partial charge in [-0.3, -0.25) is 4.79 Å². The van der Waals surface area contributed by atoms with Gasteiger partial charge in [-0.15, -0.1) is 11.3 Å². The minimum absolute atomic E-state index is 0.149. The van der Waals surface area contributed by atoms with Crippen molar-refractivity contribution in [2.75, 3.05) is 59.3 Å². The number of likely N-dealkylation sites (N-methyl/N-ethyl adjacent to an activating group) is 1. The highest BCUT2D eigenvalue weighted by molar-refractivity contribution is 7.17. The van der Waals surface area contributed by atoms with Crippen LogP contribution in [0.25, 0.3) is 10.6 Å². The van der Waals surface area contributed by atoms with Gasteiger partial charge >= 0.3 is 0 Å². The number of rotatable bonds is 12. The number of hydrogen-bond donors (Lipinski definition) is 2. The number of hydrogen-bond acceptors (Lipinski definition) is 9. The number of aromatic nitrogens is 2. The Kier molecular flexibility index (Phi) is 10.0. The van der Waals surface area contributed by atoms with Gasteiger partial charge in [0.15, 0.2) is 0 Å². The second-order valence-electron chi connectivity index (χ2n) is 10.4. The number of carbonyl (C=O) groups is 1. The molecule has 2 aromatic heterocycles. The number of carbonyl (C=O) groups excluding carboxylic acids is 1. The molecule has 0 atom stereocenters. The third kappa shape index (κ3) is 8.06. The molecular weight excluding hydrogens is 548 g/mol. The fraction of sp³-hybridized carbons (Fsp3) is 0.344. The summed E-state index contributed by atoms with van der Waals surface area (Å²) >= 11 is 1.39. The molecule has 1 amide bonds. The zero-order valence-corrected chi connectivity index (χ0v) is 25.2. The number of ether oxygens (including phenoxy) is 2. The summed E-state index contributed by atoms with van der Waals surface area (Å²) in [4.78, 5) is 28.4. The number of anilines is 2. The van der Waals surface area contributed by atoms with Crippen LogP contribution in [0.2, 0.25) is 0 Å². The Hall–Kier alpha value is -3.99. The average Bonchev–Trinajstić information content (AvgIpc) is 3.52. The summed E-state index contributed by atoms with van der Waals surface area (Å²) in [6, 6.07) is 19.6. The molecule has 0 saturated carbocycles. The predicted molar refractivity (Wildman–Crippen MR) is 168 cm³/mol. The predicted octanol–water partition coefficient (Wildman–Crippen LogP) is 5.08. The maximum Gasteiger partial charge on any atom is 0.261 e. The number of benzene rings is 2. The molecule has 10 heteroatoms. The summed E-state index contributed by atoms with van der Waals surface area (Å²) in [7, 11) is 5.40. The molecule has 9 nitrogen and oxygen atoms in total. The van der Waals surface area contributed by atoms with Crippen LogP contribution < -0.4 is 20.1 Å². The van der Waals surface area contributed by atoms with Crippen LogP contribution in [-0.2, 0) is 13.0 Å². The molecule has 0 unspecified atom stereocenters. The van der Waals surface area contributed by atoms with E-state index in [1.54, 1.807) is 26.5 Å². The first-order valence-electron chi connectivity index (χ1n) is 14.2. The highest BCUT2D eigenvalue weighted by Gasteiger charge is 2.14. The molecular formula is C32H38N6O3S. The Morgan fingerprint density at radius 2 is 1.67 bits per heavy atom. The smallest absolute Gasteiger partial charge is 0.261 e. The molecule has 220 valence electrons. The Morgan fingerprint density at radius 3 is 2.38 bits per heavy atom. The number of nitrogens with zero attached hydrogens (tertiary/aromatic N) is 4. The summed E-state index contributed by atoms with van der Waals surface area (Å²) < 4.78 is 10.6. The lowest BCUT2D eigenvalue weighted by Gasteiger charge is -2.32. The van der Waals surface area contributed by atoms with Gasteiger partial charge in [0.1, 0.15) is 11.5 Å². The van der Waals surface area contributed by atoms with Gasteiger partial charge in [0, 0.05) is 50.7 Å². The van der Waals surface area contributed by atoms with E-state index < -0.39 is 0 Å². The molecule has 2 aromatic carbocycles. The van der Waals surface area contributed by atoms with E-state index in [2.05, 4.69) is 56.7 Å². The SMILES string of the molecule is COc1cc(CNC(=O)c2ccc(-c3ccnc(Nc4ccc(CCCN5CCN(C)CC5)cc4)n3)s2)cc(OC)c1. The van der Waals surface area contributed by atoms with Gasteiger partial charge in [-0.25, -0.2) is 9.97 Å². The Balaban J connectivity index is 1.13. The van der Waals surface area contributed by atoms with Crippen LogP contribution >= 0.6 is 11.3 Å². The molecule has 1 saturated heterocycles. The fourth-order valence-electron chi connectivity index (χ4n) is 4.85. The van der Waals surface area contributed by atoms with Gasteiger partial charge in [0.2, 0.25) is 5.95 Å². The molecule has 3 heterocycles. The van der Waals surface area contributed by atoms with Crippen LogP contribution in [0, 0.1) is 0 Å². The standard InChI is InChI=1S/C32H38N6O3S/c1-37-15-17-38(18-16-37)14-4-5-23-6-8-25(9-7-23)35-32-33-13-12-28(36-32)29-10-11-30(42-29)31(39)34-22-24-19-26(40-2)21-27(20-24)41-3/h6-13,19-21H,4-5,14-18,22H2,1-3H3,(H,34,39)(H,33,35,36). The summed E-state index contributed by atoms with van der Waals surface area (Å²) in [5, 5.41) is 6.28. The number of piperazine rings is 1. The Labute approximate surface area is 251 Å². The van der Waals surface area contributed by atoms with E-state index in [1.807, 2.05) is 30.3 Å². The van der Waals surface area contributed by atoms with Gasteiger partial charge in [-0.05, 0) is 80.0 Å². The second-order valence-corrected chi connectivity index (χ2v) is 11.5. The van der Waals surface area contributed by atoms with Gasteiger partial charge in [0.05, 0.1) is 29.7 Å². The van der Waals surface area contributed by atoms with E-state index >= 15 is 0 Å². The second kappa shape index (κ2) is 14.3. The first-order chi connectivity index (χ1) is 20.5. The van der Waals surface area contributed by atoms with Crippen LogP contribution in [0.5, 0.6) is 11.5 Å². The normalized spacial score (nSPS) is 14.0. The average molecular weight is 587 g/mol. The fourth-order valence-corrected chi connectivity index (χ4v) is 5.75. The summed E-state index contributed by atoms with van der Waals surface area (Å²) in [6.07, 6.45) is 3.96. The largest absolute Gasteiger partial charge is 0.497 e. The molecule has 1 aliphatic rings. The topological polar surface area (TPSA) is 91.8 Å². The summed E-state index contributed by atoms with van der Waals surface area (Å²) in [6.45, 7) is 6.16. The van der Waals surface area contributed by atoms with Crippen molar-refractivity contribution in [1.82, 2.24) is 25.1 Å². The van der Waals surface area contributed by atoms with Crippen LogP contribution in [-0.4, -0.2) is 79.7 Å². The molecule has 4 aromatic rings. The summed E-state index contributed by atoms with van der Waals surface area (Å²) in [5.41, 5.74) is 3.92. The molecule has 0 aliphatic carbocycles. The van der Waals surface area contributed by atoms with Crippen LogP contribution in [0.15, 0.2) is 66.9 Å². The lowest BCUT2D eigenvalue weighted by Crippen LogP contribution is -2.44. The van der Waals surface area contributed by atoms with E-state index in [1.165, 1.54) is 30.0 Å². The lowest BCUT2D eigenvalue weighted by atomic mass is 10.1. The molecule has 0 spiro atoms. The van der Waals surface area contributed by atoms with Gasteiger partial charge in [-0.1, -0.05) is 12.1 Å². The Morgan fingerprint density at radius 1 is 0.929 bits per heavy atom. The number of amides is 1. The first-order valence-corrected chi connectivity index (χ1v) is 15.0.